The van der Waals surface area contributed by atoms with Crippen LogP contribution < -0.4 is 4.74 Å². The average Bonchev–Trinajstić information content (AvgIpc) is 3.21. The van der Waals surface area contributed by atoms with E-state index in [9.17, 15) is 15.0 Å². The van der Waals surface area contributed by atoms with Gasteiger partial charge >= 0.3 is 0 Å². The zero-order valence-electron chi connectivity index (χ0n) is 24.8. The second-order valence-corrected chi connectivity index (χ2v) is 14.6. The van der Waals surface area contributed by atoms with Crippen molar-refractivity contribution in [3.05, 3.63) is 53.1 Å². The lowest BCUT2D eigenvalue weighted by Gasteiger charge is -2.31. The van der Waals surface area contributed by atoms with Gasteiger partial charge in [-0.3, -0.25) is 4.79 Å². The monoisotopic (exact) mass is 574 g/mol. The van der Waals surface area contributed by atoms with Gasteiger partial charge in [-0.15, -0.1) is 23.5 Å². The molecule has 39 heavy (non-hydrogen) atoms. The molecule has 1 aliphatic heterocycles. The van der Waals surface area contributed by atoms with Crippen molar-refractivity contribution in [1.82, 2.24) is 9.80 Å². The summed E-state index contributed by atoms with van der Waals surface area (Å²) in [6.07, 6.45) is 0.354. The highest BCUT2D eigenvalue weighted by Crippen LogP contribution is 2.45. The highest BCUT2D eigenvalue weighted by Gasteiger charge is 2.35. The first kappa shape index (κ1) is 31.7. The quantitative estimate of drug-likeness (QED) is 0.317. The fourth-order valence-electron chi connectivity index (χ4n) is 4.85. The first-order chi connectivity index (χ1) is 18.2. The Hall–Kier alpha value is -1.87. The minimum absolute atomic E-state index is 0.0616. The predicted molar refractivity (Wildman–Crippen MR) is 164 cm³/mol. The second-order valence-electron chi connectivity index (χ2n) is 12.4. The fourth-order valence-corrected chi connectivity index (χ4v) is 7.00. The molecule has 0 spiro atoms. The maximum absolute atomic E-state index is 12.9. The molecule has 2 unspecified atom stereocenters. The zero-order chi connectivity index (χ0) is 29.0. The van der Waals surface area contributed by atoms with Crippen molar-refractivity contribution in [2.45, 2.75) is 75.2 Å². The molecule has 2 aromatic carbocycles. The van der Waals surface area contributed by atoms with Crippen molar-refractivity contribution in [1.29, 1.82) is 0 Å². The summed E-state index contributed by atoms with van der Waals surface area (Å²) >= 11 is 3.26. The van der Waals surface area contributed by atoms with Gasteiger partial charge in [0.25, 0.3) is 0 Å². The average molecular weight is 575 g/mol. The molecule has 3 rings (SSSR count). The van der Waals surface area contributed by atoms with E-state index in [0.717, 1.165) is 40.3 Å². The van der Waals surface area contributed by atoms with Gasteiger partial charge in [0.2, 0.25) is 5.91 Å². The standard InChI is InChI=1S/C31H46N2O4S2/c1-30(2,3)23-16-21(17-24(28(23)36)31(4,5)6)29-33(27(35)20-39-29)15-11-14-32(7)18-22(34)19-38-26-13-10-9-12-25(26)37-8/h9-10,12-13,16-17,22,29,34,36H,11,14-15,18-20H2,1-8H3. The van der Waals surface area contributed by atoms with Crippen LogP contribution in [0.3, 0.4) is 0 Å². The van der Waals surface area contributed by atoms with Crippen molar-refractivity contribution in [3.63, 3.8) is 0 Å². The molecule has 6 nitrogen and oxygen atoms in total. The minimum atomic E-state index is -0.467. The van der Waals surface area contributed by atoms with Crippen LogP contribution in [0.15, 0.2) is 41.3 Å². The van der Waals surface area contributed by atoms with E-state index in [2.05, 4.69) is 58.6 Å². The van der Waals surface area contributed by atoms with E-state index < -0.39 is 6.10 Å². The Bertz CT molecular complexity index is 1090. The van der Waals surface area contributed by atoms with Crippen LogP contribution in [0.4, 0.5) is 0 Å². The summed E-state index contributed by atoms with van der Waals surface area (Å²) in [5, 5.41) is 21.7. The third-order valence-electron chi connectivity index (χ3n) is 6.96. The van der Waals surface area contributed by atoms with Crippen LogP contribution in [0.1, 0.15) is 70.0 Å². The minimum Gasteiger partial charge on any atom is -0.507 e. The molecule has 8 heteroatoms. The molecule has 1 saturated heterocycles. The number of aliphatic hydroxyl groups is 1. The van der Waals surface area contributed by atoms with Crippen LogP contribution in [0.5, 0.6) is 11.5 Å². The molecule has 2 atom stereocenters. The lowest BCUT2D eigenvalue weighted by molar-refractivity contribution is -0.128. The molecule has 0 bridgehead atoms. The number of hydrogen-bond acceptors (Lipinski definition) is 7. The highest BCUT2D eigenvalue weighted by atomic mass is 32.2. The molecule has 1 amide bonds. The summed E-state index contributed by atoms with van der Waals surface area (Å²) in [6.45, 7) is 14.7. The number of nitrogens with zero attached hydrogens (tertiary/aromatic N) is 2. The summed E-state index contributed by atoms with van der Waals surface area (Å²) in [5.74, 6) is 2.40. The summed E-state index contributed by atoms with van der Waals surface area (Å²) in [7, 11) is 3.67. The SMILES string of the molecule is COc1ccccc1SCC(O)CN(C)CCCN1C(=O)CSC1c1cc(C(C)(C)C)c(O)c(C(C)(C)C)c1. The molecule has 0 saturated carbocycles. The number of likely N-dealkylation sites (N-methyl/N-ethyl adjacent to an activating group) is 1. The molecule has 2 N–H and O–H groups in total. The molecule has 216 valence electrons. The largest absolute Gasteiger partial charge is 0.507 e. The number of rotatable bonds is 11. The molecular formula is C31H46N2O4S2. The fraction of sp³-hybridized carbons (Fsp3) is 0.581. The molecule has 0 radical (unpaired) electrons. The van der Waals surface area contributed by atoms with Gasteiger partial charge in [0.1, 0.15) is 16.9 Å². The Morgan fingerprint density at radius 1 is 1.13 bits per heavy atom. The summed E-state index contributed by atoms with van der Waals surface area (Å²) in [6, 6.07) is 12.0. The van der Waals surface area contributed by atoms with Crippen LogP contribution in [0.2, 0.25) is 0 Å². The summed E-state index contributed by atoms with van der Waals surface area (Å²) in [5.41, 5.74) is 2.49. The molecule has 1 aliphatic rings. The van der Waals surface area contributed by atoms with Crippen molar-refractivity contribution >= 4 is 29.4 Å². The van der Waals surface area contributed by atoms with Gasteiger partial charge in [0.05, 0.1) is 19.0 Å². The second kappa shape index (κ2) is 13.2. The maximum atomic E-state index is 12.9. The van der Waals surface area contributed by atoms with Crippen molar-refractivity contribution < 1.29 is 19.7 Å². The number of aliphatic hydroxyl groups excluding tert-OH is 1. The van der Waals surface area contributed by atoms with E-state index in [1.54, 1.807) is 30.6 Å². The number of phenols is 1. The number of para-hydroxylation sites is 1. The van der Waals surface area contributed by atoms with Gasteiger partial charge in [-0.25, -0.2) is 0 Å². The van der Waals surface area contributed by atoms with Crippen LogP contribution in [-0.2, 0) is 15.6 Å². The third-order valence-corrected chi connectivity index (χ3v) is 9.42. The Kier molecular flexibility index (Phi) is 10.7. The van der Waals surface area contributed by atoms with Crippen molar-refractivity contribution in [2.24, 2.45) is 0 Å². The number of aromatic hydroxyl groups is 1. The number of carbonyl (C=O) groups is 1. The Morgan fingerprint density at radius 3 is 2.33 bits per heavy atom. The van der Waals surface area contributed by atoms with Gasteiger partial charge < -0.3 is 24.7 Å². The van der Waals surface area contributed by atoms with E-state index >= 15 is 0 Å². The number of ether oxygens (including phenoxy) is 1. The van der Waals surface area contributed by atoms with Crippen LogP contribution >= 0.6 is 23.5 Å². The Morgan fingerprint density at radius 2 is 1.74 bits per heavy atom. The molecule has 0 aromatic heterocycles. The lowest BCUT2D eigenvalue weighted by Crippen LogP contribution is -2.35. The number of benzene rings is 2. The number of amides is 1. The van der Waals surface area contributed by atoms with E-state index in [4.69, 9.17) is 4.74 Å². The van der Waals surface area contributed by atoms with Crippen LogP contribution in [0.25, 0.3) is 0 Å². The third kappa shape index (κ3) is 8.32. The van der Waals surface area contributed by atoms with E-state index in [-0.39, 0.29) is 22.1 Å². The van der Waals surface area contributed by atoms with E-state index in [0.29, 0.717) is 30.3 Å². The number of thioether (sulfide) groups is 2. The van der Waals surface area contributed by atoms with Gasteiger partial charge in [-0.2, -0.15) is 0 Å². The van der Waals surface area contributed by atoms with Crippen molar-refractivity contribution in [3.8, 4) is 11.5 Å². The van der Waals surface area contributed by atoms with Crippen LogP contribution in [-0.4, -0.2) is 77.3 Å². The number of methoxy groups -OCH3 is 1. The van der Waals surface area contributed by atoms with Gasteiger partial charge in [-0.05, 0) is 71.8 Å². The zero-order valence-corrected chi connectivity index (χ0v) is 26.4. The van der Waals surface area contributed by atoms with Gasteiger partial charge in [-0.1, -0.05) is 53.7 Å². The Balaban J connectivity index is 1.61. The summed E-state index contributed by atoms with van der Waals surface area (Å²) < 4.78 is 5.40. The Labute approximate surface area is 243 Å². The number of hydrogen-bond donors (Lipinski definition) is 2. The topological polar surface area (TPSA) is 73.2 Å². The van der Waals surface area contributed by atoms with E-state index in [1.807, 2.05) is 36.2 Å². The summed E-state index contributed by atoms with van der Waals surface area (Å²) in [4.78, 5) is 18.0. The van der Waals surface area contributed by atoms with Gasteiger partial charge in [0.15, 0.2) is 0 Å². The smallest absolute Gasteiger partial charge is 0.233 e. The predicted octanol–water partition coefficient (Wildman–Crippen LogP) is 6.04. The van der Waals surface area contributed by atoms with Crippen molar-refractivity contribution in [2.75, 3.05) is 45.3 Å². The normalized spacial score (nSPS) is 17.2. The first-order valence-corrected chi connectivity index (χ1v) is 15.7. The molecule has 1 heterocycles. The highest BCUT2D eigenvalue weighted by molar-refractivity contribution is 8.00. The molecular weight excluding hydrogens is 528 g/mol. The number of carbonyl (C=O) groups excluding carboxylic acids is 1. The van der Waals surface area contributed by atoms with Gasteiger partial charge in [0, 0.05) is 23.7 Å². The first-order valence-electron chi connectivity index (χ1n) is 13.6. The van der Waals surface area contributed by atoms with E-state index in [1.165, 1.54) is 0 Å². The molecule has 0 aliphatic carbocycles. The molecule has 1 fully saturated rings. The number of phenolic OH excluding ortho intramolecular Hbond substituents is 1. The molecule has 2 aromatic rings. The maximum Gasteiger partial charge on any atom is 0.233 e. The van der Waals surface area contributed by atoms with Crippen LogP contribution in [0, 0.1) is 0 Å². The lowest BCUT2D eigenvalue weighted by atomic mass is 9.78.